The van der Waals surface area contributed by atoms with E-state index in [1.165, 1.54) is 16.1 Å². The third-order valence-electron chi connectivity index (χ3n) is 4.47. The molecule has 3 aromatic rings. The van der Waals surface area contributed by atoms with E-state index < -0.39 is 0 Å². The Morgan fingerprint density at radius 1 is 1.12 bits per heavy atom. The van der Waals surface area contributed by atoms with Crippen molar-refractivity contribution < 1.29 is 4.74 Å². The number of benzene rings is 1. The highest BCUT2D eigenvalue weighted by atomic mass is 32.1. The lowest BCUT2D eigenvalue weighted by Crippen LogP contribution is -2.36. The quantitative estimate of drug-likeness (QED) is 0.784. The van der Waals surface area contributed by atoms with Gasteiger partial charge in [-0.3, -0.25) is 0 Å². The Hall–Kier alpha value is -2.18. The second kappa shape index (κ2) is 6.37. The van der Waals surface area contributed by atoms with Crippen molar-refractivity contribution in [3.8, 4) is 0 Å². The van der Waals surface area contributed by atoms with E-state index in [9.17, 15) is 0 Å². The lowest BCUT2D eigenvalue weighted by molar-refractivity contribution is 0.123. The number of para-hydroxylation sites is 2. The molecule has 5 nitrogen and oxygen atoms in total. The fraction of sp³-hybridized carbons (Fsp3) is 0.333. The number of nitrogens with zero attached hydrogens (tertiary/aromatic N) is 3. The molecule has 1 saturated heterocycles. The molecule has 4 rings (SSSR count). The van der Waals surface area contributed by atoms with Gasteiger partial charge in [-0.25, -0.2) is 9.97 Å². The number of ether oxygens (including phenoxy) is 1. The third kappa shape index (κ3) is 2.72. The SMILES string of the molecule is Cc1sc2ncnc(Nc3ccccc3N3CCOCC3)c2c1C. The molecule has 0 aliphatic carbocycles. The molecule has 6 heteroatoms. The first-order valence-electron chi connectivity index (χ1n) is 8.13. The van der Waals surface area contributed by atoms with Crippen molar-refractivity contribution in [2.45, 2.75) is 13.8 Å². The highest BCUT2D eigenvalue weighted by Gasteiger charge is 2.17. The standard InChI is InChI=1S/C18H20N4OS/c1-12-13(2)24-18-16(12)17(19-11-20-18)21-14-5-3-4-6-15(14)22-7-9-23-10-8-22/h3-6,11H,7-10H2,1-2H3,(H,19,20,21). The number of fused-ring (bicyclic) bond motifs is 1. The number of anilines is 3. The van der Waals surface area contributed by atoms with E-state index in [4.69, 9.17) is 4.74 Å². The number of hydrogen-bond acceptors (Lipinski definition) is 6. The number of hydrogen-bond donors (Lipinski definition) is 1. The Balaban J connectivity index is 1.74. The van der Waals surface area contributed by atoms with Gasteiger partial charge in [-0.1, -0.05) is 12.1 Å². The maximum Gasteiger partial charge on any atom is 0.142 e. The van der Waals surface area contributed by atoms with Crippen LogP contribution in [0.15, 0.2) is 30.6 Å². The number of aryl methyl sites for hydroxylation is 2. The molecule has 0 saturated carbocycles. The van der Waals surface area contributed by atoms with E-state index >= 15 is 0 Å². The Kier molecular flexibility index (Phi) is 4.08. The zero-order chi connectivity index (χ0) is 16.5. The predicted octanol–water partition coefficient (Wildman–Crippen LogP) is 3.89. The Labute approximate surface area is 145 Å². The molecule has 1 aliphatic rings. The third-order valence-corrected chi connectivity index (χ3v) is 5.59. The van der Waals surface area contributed by atoms with E-state index in [1.54, 1.807) is 17.7 Å². The fourth-order valence-electron chi connectivity index (χ4n) is 3.06. The molecule has 0 amide bonds. The molecule has 0 atom stereocenters. The molecular weight excluding hydrogens is 320 g/mol. The smallest absolute Gasteiger partial charge is 0.142 e. The van der Waals surface area contributed by atoms with Crippen molar-refractivity contribution in [1.82, 2.24) is 9.97 Å². The summed E-state index contributed by atoms with van der Waals surface area (Å²) in [4.78, 5) is 13.6. The molecule has 0 bridgehead atoms. The van der Waals surface area contributed by atoms with Gasteiger partial charge in [0.25, 0.3) is 0 Å². The Morgan fingerprint density at radius 3 is 2.75 bits per heavy atom. The first kappa shape index (κ1) is 15.4. The van der Waals surface area contributed by atoms with Crippen LogP contribution < -0.4 is 10.2 Å². The van der Waals surface area contributed by atoms with Gasteiger partial charge in [0.1, 0.15) is 17.0 Å². The van der Waals surface area contributed by atoms with Gasteiger partial charge in [0, 0.05) is 18.0 Å². The summed E-state index contributed by atoms with van der Waals surface area (Å²) in [5, 5.41) is 4.66. The highest BCUT2D eigenvalue weighted by Crippen LogP contribution is 2.35. The Bertz CT molecular complexity index is 871. The van der Waals surface area contributed by atoms with Gasteiger partial charge in [-0.15, -0.1) is 11.3 Å². The summed E-state index contributed by atoms with van der Waals surface area (Å²) >= 11 is 1.72. The zero-order valence-electron chi connectivity index (χ0n) is 13.9. The van der Waals surface area contributed by atoms with E-state index in [-0.39, 0.29) is 0 Å². The first-order valence-corrected chi connectivity index (χ1v) is 8.95. The number of aromatic nitrogens is 2. The minimum atomic E-state index is 0.773. The summed E-state index contributed by atoms with van der Waals surface area (Å²) in [6, 6.07) is 8.38. The lowest BCUT2D eigenvalue weighted by Gasteiger charge is -2.30. The topological polar surface area (TPSA) is 50.3 Å². The maximum absolute atomic E-state index is 5.47. The molecule has 1 aliphatic heterocycles. The number of nitrogens with one attached hydrogen (secondary N) is 1. The maximum atomic E-state index is 5.47. The lowest BCUT2D eigenvalue weighted by atomic mass is 10.2. The van der Waals surface area contributed by atoms with Gasteiger partial charge >= 0.3 is 0 Å². The largest absolute Gasteiger partial charge is 0.378 e. The van der Waals surface area contributed by atoms with Crippen molar-refractivity contribution in [1.29, 1.82) is 0 Å². The van der Waals surface area contributed by atoms with Crippen LogP contribution in [-0.4, -0.2) is 36.3 Å². The van der Waals surface area contributed by atoms with E-state index in [2.05, 4.69) is 58.3 Å². The average Bonchev–Trinajstić information content (AvgIpc) is 2.91. The summed E-state index contributed by atoms with van der Waals surface area (Å²) in [5.41, 5.74) is 3.52. The van der Waals surface area contributed by atoms with Crippen molar-refractivity contribution >= 4 is 38.7 Å². The molecular formula is C18H20N4OS. The van der Waals surface area contributed by atoms with Crippen LogP contribution in [0.5, 0.6) is 0 Å². The second-order valence-corrected chi connectivity index (χ2v) is 7.13. The van der Waals surface area contributed by atoms with Gasteiger partial charge in [0.15, 0.2) is 0 Å². The van der Waals surface area contributed by atoms with E-state index in [0.717, 1.165) is 48.0 Å². The van der Waals surface area contributed by atoms with Crippen molar-refractivity contribution in [2.24, 2.45) is 0 Å². The van der Waals surface area contributed by atoms with Gasteiger partial charge < -0.3 is 15.0 Å². The fourth-order valence-corrected chi connectivity index (χ4v) is 4.06. The van der Waals surface area contributed by atoms with Crippen molar-refractivity contribution in [3.63, 3.8) is 0 Å². The van der Waals surface area contributed by atoms with Crippen LogP contribution in [0.4, 0.5) is 17.2 Å². The zero-order valence-corrected chi connectivity index (χ0v) is 14.7. The van der Waals surface area contributed by atoms with Crippen LogP contribution in [0.3, 0.4) is 0 Å². The van der Waals surface area contributed by atoms with Crippen LogP contribution in [0.25, 0.3) is 10.2 Å². The number of thiophene rings is 1. The molecule has 0 unspecified atom stereocenters. The van der Waals surface area contributed by atoms with Crippen LogP contribution in [0, 0.1) is 13.8 Å². The van der Waals surface area contributed by atoms with Crippen LogP contribution in [-0.2, 0) is 4.74 Å². The summed E-state index contributed by atoms with van der Waals surface area (Å²) in [7, 11) is 0. The van der Waals surface area contributed by atoms with Crippen molar-refractivity contribution in [3.05, 3.63) is 41.0 Å². The minimum Gasteiger partial charge on any atom is -0.378 e. The minimum absolute atomic E-state index is 0.773. The highest BCUT2D eigenvalue weighted by molar-refractivity contribution is 7.18. The van der Waals surface area contributed by atoms with Crippen molar-refractivity contribution in [2.75, 3.05) is 36.5 Å². The van der Waals surface area contributed by atoms with Crippen LogP contribution >= 0.6 is 11.3 Å². The van der Waals surface area contributed by atoms with Gasteiger partial charge in [0.05, 0.1) is 30.0 Å². The van der Waals surface area contributed by atoms with Gasteiger partial charge in [0.2, 0.25) is 0 Å². The molecule has 0 radical (unpaired) electrons. The predicted molar refractivity (Wildman–Crippen MR) is 99.6 cm³/mol. The van der Waals surface area contributed by atoms with E-state index in [0.29, 0.717) is 0 Å². The molecule has 2 aromatic heterocycles. The number of rotatable bonds is 3. The number of morpholine rings is 1. The monoisotopic (exact) mass is 340 g/mol. The summed E-state index contributed by atoms with van der Waals surface area (Å²) in [6.45, 7) is 7.64. The molecule has 1 fully saturated rings. The average molecular weight is 340 g/mol. The first-order chi connectivity index (χ1) is 11.7. The molecule has 1 aromatic carbocycles. The normalized spacial score (nSPS) is 15.0. The van der Waals surface area contributed by atoms with Gasteiger partial charge in [-0.2, -0.15) is 0 Å². The summed E-state index contributed by atoms with van der Waals surface area (Å²) in [5.74, 6) is 0.877. The van der Waals surface area contributed by atoms with Gasteiger partial charge in [-0.05, 0) is 31.5 Å². The Morgan fingerprint density at radius 2 is 1.92 bits per heavy atom. The second-order valence-electron chi connectivity index (χ2n) is 5.93. The summed E-state index contributed by atoms with van der Waals surface area (Å²) < 4.78 is 5.47. The molecule has 1 N–H and O–H groups in total. The molecule has 24 heavy (non-hydrogen) atoms. The molecule has 0 spiro atoms. The van der Waals surface area contributed by atoms with Crippen LogP contribution in [0.2, 0.25) is 0 Å². The molecule has 124 valence electrons. The van der Waals surface area contributed by atoms with E-state index in [1.807, 2.05) is 0 Å². The molecule has 3 heterocycles. The summed E-state index contributed by atoms with van der Waals surface area (Å²) in [6.07, 6.45) is 1.64. The van der Waals surface area contributed by atoms with Crippen LogP contribution in [0.1, 0.15) is 10.4 Å².